The fraction of sp³-hybridized carbons (Fsp3) is 0.286. The summed E-state index contributed by atoms with van der Waals surface area (Å²) < 4.78 is 44.8. The summed E-state index contributed by atoms with van der Waals surface area (Å²) in [5.74, 6) is -1.31. The molecule has 0 aliphatic rings. The van der Waals surface area contributed by atoms with Crippen LogP contribution in [0.1, 0.15) is 23.1 Å². The zero-order valence-electron chi connectivity index (χ0n) is 13.0. The number of hydrogen-bond acceptors (Lipinski definition) is 5. The number of benzene rings is 1. The molecule has 12 heteroatoms. The number of hydrogen-bond donors (Lipinski definition) is 1. The Morgan fingerprint density at radius 3 is 2.62 bits per heavy atom. The first-order valence-corrected chi connectivity index (χ1v) is 8.11. The molecule has 0 unspecified atom stereocenters. The molecule has 2 rings (SSSR count). The number of rotatable bonds is 6. The molecule has 1 heterocycles. The Kier molecular flexibility index (Phi) is 6.62. The first-order valence-electron chi connectivity index (χ1n) is 6.98. The number of carbonyl (C=O) groups is 1. The van der Waals surface area contributed by atoms with E-state index >= 15 is 0 Å². The van der Waals surface area contributed by atoms with E-state index in [4.69, 9.17) is 44.4 Å². The van der Waals surface area contributed by atoms with Crippen LogP contribution in [0.5, 0.6) is 0 Å². The minimum absolute atomic E-state index is 0.0436. The van der Waals surface area contributed by atoms with Gasteiger partial charge in [-0.05, 0) is 25.1 Å². The minimum atomic E-state index is -4.66. The van der Waals surface area contributed by atoms with Gasteiger partial charge in [0.1, 0.15) is 11.9 Å². The molecule has 1 aromatic heterocycles. The number of aromatic nitrogens is 2. The Morgan fingerprint density at radius 2 is 2.00 bits per heavy atom. The van der Waals surface area contributed by atoms with Gasteiger partial charge in [0.25, 0.3) is 0 Å². The summed E-state index contributed by atoms with van der Waals surface area (Å²) in [6.45, 7) is 1.95. The van der Waals surface area contributed by atoms with Crippen molar-refractivity contribution in [2.75, 3.05) is 12.1 Å². The number of alkyl halides is 3. The van der Waals surface area contributed by atoms with Gasteiger partial charge in [-0.2, -0.15) is 13.2 Å². The van der Waals surface area contributed by atoms with Crippen LogP contribution in [0.4, 0.5) is 18.9 Å². The first-order chi connectivity index (χ1) is 12.1. The van der Waals surface area contributed by atoms with E-state index in [1.807, 2.05) is 0 Å². The predicted octanol–water partition coefficient (Wildman–Crippen LogP) is 5.04. The van der Waals surface area contributed by atoms with E-state index < -0.39 is 22.7 Å². The highest BCUT2D eigenvalue weighted by Crippen LogP contribution is 2.36. The SMILES string of the molecule is CCOCn1c(C(=O)ONc2ccc(Cl)c(C(F)(F)F)c2)nc(Cl)c1Cl. The number of nitrogens with zero attached hydrogens (tertiary/aromatic N) is 2. The fourth-order valence-corrected chi connectivity index (χ4v) is 2.39. The normalized spacial score (nSPS) is 11.5. The summed E-state index contributed by atoms with van der Waals surface area (Å²) in [7, 11) is 0. The fourth-order valence-electron chi connectivity index (χ4n) is 1.82. The van der Waals surface area contributed by atoms with E-state index in [0.29, 0.717) is 12.7 Å². The van der Waals surface area contributed by atoms with Gasteiger partial charge in [0.15, 0.2) is 5.15 Å². The van der Waals surface area contributed by atoms with Crippen LogP contribution in [0.15, 0.2) is 18.2 Å². The number of halogens is 6. The van der Waals surface area contributed by atoms with Crippen molar-refractivity contribution in [2.24, 2.45) is 0 Å². The van der Waals surface area contributed by atoms with Crippen LogP contribution >= 0.6 is 34.8 Å². The second-order valence-corrected chi connectivity index (χ2v) is 5.87. The van der Waals surface area contributed by atoms with Crippen LogP contribution in [0.3, 0.4) is 0 Å². The molecule has 0 atom stereocenters. The van der Waals surface area contributed by atoms with E-state index in [1.54, 1.807) is 6.92 Å². The first kappa shape index (κ1) is 20.6. The third-order valence-electron chi connectivity index (χ3n) is 3.01. The third kappa shape index (κ3) is 4.73. The Labute approximate surface area is 160 Å². The summed E-state index contributed by atoms with van der Waals surface area (Å²) in [6.07, 6.45) is -4.66. The maximum Gasteiger partial charge on any atom is 0.417 e. The second-order valence-electron chi connectivity index (χ2n) is 4.75. The van der Waals surface area contributed by atoms with Gasteiger partial charge >= 0.3 is 12.1 Å². The molecular formula is C14H11Cl3F3N3O3. The van der Waals surface area contributed by atoms with Crippen LogP contribution in [0.25, 0.3) is 0 Å². The lowest BCUT2D eigenvalue weighted by atomic mass is 10.2. The van der Waals surface area contributed by atoms with Crippen LogP contribution in [-0.2, 0) is 22.5 Å². The largest absolute Gasteiger partial charge is 0.417 e. The number of carbonyl (C=O) groups excluding carboxylic acids is 1. The molecule has 0 saturated carbocycles. The number of ether oxygens (including phenoxy) is 1. The monoisotopic (exact) mass is 431 g/mol. The van der Waals surface area contributed by atoms with Crippen molar-refractivity contribution in [1.82, 2.24) is 9.55 Å². The van der Waals surface area contributed by atoms with Crippen LogP contribution in [-0.4, -0.2) is 22.1 Å². The molecule has 6 nitrogen and oxygen atoms in total. The molecule has 142 valence electrons. The van der Waals surface area contributed by atoms with Gasteiger partial charge in [0.05, 0.1) is 16.3 Å². The highest BCUT2D eigenvalue weighted by Gasteiger charge is 2.33. The lowest BCUT2D eigenvalue weighted by Gasteiger charge is -2.12. The van der Waals surface area contributed by atoms with Crippen LogP contribution in [0, 0.1) is 0 Å². The molecule has 0 bridgehead atoms. The standard InChI is InChI=1S/C14H11Cl3F3N3O3/c1-2-25-6-23-11(17)10(16)21-12(23)13(24)26-22-7-3-4-9(15)8(5-7)14(18,19)20/h3-5,22H,2,6H2,1H3. The predicted molar refractivity (Wildman–Crippen MR) is 89.4 cm³/mol. The number of imidazole rings is 1. The zero-order chi connectivity index (χ0) is 19.5. The summed E-state index contributed by atoms with van der Waals surface area (Å²) in [5, 5.41) is -0.678. The molecule has 1 N–H and O–H groups in total. The van der Waals surface area contributed by atoms with E-state index in [-0.39, 0.29) is 28.5 Å². The molecule has 26 heavy (non-hydrogen) atoms. The molecule has 0 saturated heterocycles. The molecule has 0 fully saturated rings. The number of anilines is 1. The van der Waals surface area contributed by atoms with Gasteiger partial charge in [0.2, 0.25) is 5.82 Å². The van der Waals surface area contributed by atoms with Crippen LogP contribution < -0.4 is 5.48 Å². The topological polar surface area (TPSA) is 65.4 Å². The maximum absolute atomic E-state index is 12.8. The second kappa shape index (κ2) is 8.34. The Hall–Kier alpha value is -1.68. The average molecular weight is 433 g/mol. The quantitative estimate of drug-likeness (QED) is 0.648. The van der Waals surface area contributed by atoms with E-state index in [0.717, 1.165) is 10.6 Å². The van der Waals surface area contributed by atoms with Crippen molar-refractivity contribution in [3.05, 3.63) is 44.9 Å². The van der Waals surface area contributed by atoms with Crippen molar-refractivity contribution >= 4 is 46.5 Å². The highest BCUT2D eigenvalue weighted by atomic mass is 35.5. The Bertz CT molecular complexity index is 812. The van der Waals surface area contributed by atoms with Crippen molar-refractivity contribution in [2.45, 2.75) is 19.8 Å². The Balaban J connectivity index is 2.16. The number of nitrogens with one attached hydrogen (secondary N) is 1. The molecule has 0 spiro atoms. The van der Waals surface area contributed by atoms with Gasteiger partial charge in [-0.15, -0.1) is 0 Å². The molecule has 0 aliphatic carbocycles. The van der Waals surface area contributed by atoms with E-state index in [1.165, 1.54) is 6.07 Å². The smallest absolute Gasteiger partial charge is 0.361 e. The minimum Gasteiger partial charge on any atom is -0.361 e. The summed E-state index contributed by atoms with van der Waals surface area (Å²) in [5.41, 5.74) is 0.883. The molecule has 2 aromatic rings. The lowest BCUT2D eigenvalue weighted by Crippen LogP contribution is -2.18. The summed E-state index contributed by atoms with van der Waals surface area (Å²) in [4.78, 5) is 20.6. The van der Waals surface area contributed by atoms with Crippen molar-refractivity contribution in [3.63, 3.8) is 0 Å². The molecular weight excluding hydrogens is 422 g/mol. The zero-order valence-corrected chi connectivity index (χ0v) is 15.3. The van der Waals surface area contributed by atoms with E-state index in [9.17, 15) is 18.0 Å². The van der Waals surface area contributed by atoms with Gasteiger partial charge in [-0.1, -0.05) is 34.8 Å². The summed E-state index contributed by atoms with van der Waals surface area (Å²) >= 11 is 17.2. The maximum atomic E-state index is 12.8. The molecule has 0 radical (unpaired) electrons. The van der Waals surface area contributed by atoms with Crippen molar-refractivity contribution in [1.29, 1.82) is 0 Å². The highest BCUT2D eigenvalue weighted by molar-refractivity contribution is 6.40. The Morgan fingerprint density at radius 1 is 1.31 bits per heavy atom. The van der Waals surface area contributed by atoms with Gasteiger partial charge in [-0.25, -0.2) is 15.3 Å². The van der Waals surface area contributed by atoms with E-state index in [2.05, 4.69) is 10.5 Å². The molecule has 1 aromatic carbocycles. The van der Waals surface area contributed by atoms with Crippen molar-refractivity contribution in [3.8, 4) is 0 Å². The summed E-state index contributed by atoms with van der Waals surface area (Å²) in [6, 6.07) is 2.92. The van der Waals surface area contributed by atoms with Gasteiger partial charge in [0, 0.05) is 6.61 Å². The van der Waals surface area contributed by atoms with Crippen LogP contribution in [0.2, 0.25) is 15.3 Å². The third-order valence-corrected chi connectivity index (χ3v) is 4.08. The lowest BCUT2D eigenvalue weighted by molar-refractivity contribution is -0.137. The van der Waals surface area contributed by atoms with Gasteiger partial charge < -0.3 is 9.57 Å². The van der Waals surface area contributed by atoms with Gasteiger partial charge in [-0.3, -0.25) is 4.57 Å². The van der Waals surface area contributed by atoms with Crippen molar-refractivity contribution < 1.29 is 27.5 Å². The molecule has 0 amide bonds. The average Bonchev–Trinajstić information content (AvgIpc) is 2.86. The molecule has 0 aliphatic heterocycles.